The molecule has 1 unspecified atom stereocenters. The fourth-order valence-electron chi connectivity index (χ4n) is 3.79. The molecule has 1 saturated carbocycles. The van der Waals surface area contributed by atoms with Gasteiger partial charge in [-0.3, -0.25) is 0 Å². The van der Waals surface area contributed by atoms with E-state index in [9.17, 15) is 9.59 Å². The van der Waals surface area contributed by atoms with Gasteiger partial charge in [0.05, 0.1) is 11.2 Å². The molecule has 0 spiro atoms. The van der Waals surface area contributed by atoms with Crippen molar-refractivity contribution in [2.45, 2.75) is 45.8 Å². The molecule has 3 rings (SSSR count). The predicted molar refractivity (Wildman–Crippen MR) is 97.8 cm³/mol. The molecular formula is C18H27N3O4S. The molecule has 2 fully saturated rings. The van der Waals surface area contributed by atoms with Gasteiger partial charge in [-0.2, -0.15) is 0 Å². The number of carbonyl (C=O) groups excluding carboxylic acids is 2. The lowest BCUT2D eigenvalue weighted by atomic mass is 10.0. The smallest absolute Gasteiger partial charge is 0.410 e. The van der Waals surface area contributed by atoms with Crippen molar-refractivity contribution in [3.8, 4) is 0 Å². The summed E-state index contributed by atoms with van der Waals surface area (Å²) >= 11 is 1.48. The minimum absolute atomic E-state index is 0.204. The van der Waals surface area contributed by atoms with Crippen molar-refractivity contribution in [1.82, 2.24) is 15.2 Å². The van der Waals surface area contributed by atoms with Gasteiger partial charge in [0.15, 0.2) is 0 Å². The Morgan fingerprint density at radius 3 is 2.58 bits per heavy atom. The lowest BCUT2D eigenvalue weighted by molar-refractivity contribution is 0.0278. The number of alkyl carbamates (subject to hydrolysis) is 1. The van der Waals surface area contributed by atoms with E-state index in [4.69, 9.17) is 9.47 Å². The van der Waals surface area contributed by atoms with Crippen molar-refractivity contribution < 1.29 is 19.1 Å². The molecule has 1 N–H and O–H groups in total. The minimum atomic E-state index is -0.458. The van der Waals surface area contributed by atoms with Crippen LogP contribution >= 0.6 is 11.3 Å². The number of carbonyl (C=O) groups is 2. The van der Waals surface area contributed by atoms with Gasteiger partial charge in [-0.25, -0.2) is 14.6 Å². The third kappa shape index (κ3) is 5.09. The Bertz CT molecular complexity index is 615. The number of hydrogen-bond donors (Lipinski definition) is 1. The number of ether oxygens (including phenoxy) is 2. The number of nitrogens with one attached hydrogen (secondary N) is 1. The van der Waals surface area contributed by atoms with Gasteiger partial charge in [-0.1, -0.05) is 0 Å². The fourth-order valence-corrected chi connectivity index (χ4v) is 4.34. The predicted octanol–water partition coefficient (Wildman–Crippen LogP) is 3.26. The molecule has 0 aromatic carbocycles. The van der Waals surface area contributed by atoms with Gasteiger partial charge in [-0.15, -0.1) is 11.3 Å². The Morgan fingerprint density at radius 2 is 2.00 bits per heavy atom. The molecule has 26 heavy (non-hydrogen) atoms. The quantitative estimate of drug-likeness (QED) is 0.866. The van der Waals surface area contributed by atoms with E-state index in [-0.39, 0.29) is 12.7 Å². The molecule has 0 radical (unpaired) electrons. The monoisotopic (exact) mass is 381 g/mol. The second-order valence-corrected chi connectivity index (χ2v) is 8.90. The molecule has 1 aromatic rings. The molecule has 2 heterocycles. The largest absolute Gasteiger partial charge is 0.444 e. The topological polar surface area (TPSA) is 80.8 Å². The molecule has 0 bridgehead atoms. The highest BCUT2D eigenvalue weighted by Gasteiger charge is 2.43. The fraction of sp³-hybridized carbons (Fsp3) is 0.722. The molecule has 1 aromatic heterocycles. The first kappa shape index (κ1) is 18.9. The Morgan fingerprint density at radius 1 is 1.31 bits per heavy atom. The summed E-state index contributed by atoms with van der Waals surface area (Å²) in [5.41, 5.74) is 2.02. The first-order chi connectivity index (χ1) is 12.3. The van der Waals surface area contributed by atoms with Gasteiger partial charge in [0.1, 0.15) is 12.2 Å². The van der Waals surface area contributed by atoms with E-state index in [2.05, 4.69) is 10.3 Å². The van der Waals surface area contributed by atoms with Crippen LogP contribution in [0.15, 0.2) is 10.9 Å². The number of fused-ring (bicyclic) bond motifs is 1. The maximum absolute atomic E-state index is 12.2. The number of rotatable bonds is 4. The van der Waals surface area contributed by atoms with Gasteiger partial charge in [0.25, 0.3) is 0 Å². The van der Waals surface area contributed by atoms with Gasteiger partial charge >= 0.3 is 12.2 Å². The molecule has 2 amide bonds. The SMILES string of the molecule is CC(C)(C)OC(=O)N1C[C@H]2CC(CNC(=O)OCc3cscn3)C[C@H]2C1. The zero-order valence-corrected chi connectivity index (χ0v) is 16.4. The van der Waals surface area contributed by atoms with E-state index >= 15 is 0 Å². The summed E-state index contributed by atoms with van der Waals surface area (Å²) in [7, 11) is 0. The summed E-state index contributed by atoms with van der Waals surface area (Å²) in [6, 6.07) is 0. The van der Waals surface area contributed by atoms with Crippen molar-refractivity contribution >= 4 is 23.5 Å². The van der Waals surface area contributed by atoms with Crippen molar-refractivity contribution in [1.29, 1.82) is 0 Å². The Balaban J connectivity index is 1.36. The van der Waals surface area contributed by atoms with Crippen molar-refractivity contribution in [2.24, 2.45) is 17.8 Å². The van der Waals surface area contributed by atoms with Crippen LogP contribution in [0.2, 0.25) is 0 Å². The lowest BCUT2D eigenvalue weighted by Gasteiger charge is -2.25. The summed E-state index contributed by atoms with van der Waals surface area (Å²) in [4.78, 5) is 29.9. The molecule has 8 heteroatoms. The van der Waals surface area contributed by atoms with Crippen LogP contribution in [0, 0.1) is 17.8 Å². The van der Waals surface area contributed by atoms with Crippen LogP contribution in [0.5, 0.6) is 0 Å². The van der Waals surface area contributed by atoms with Gasteiger partial charge in [0.2, 0.25) is 0 Å². The average molecular weight is 381 g/mol. The zero-order chi connectivity index (χ0) is 18.7. The van der Waals surface area contributed by atoms with Crippen molar-refractivity contribution in [3.63, 3.8) is 0 Å². The maximum Gasteiger partial charge on any atom is 0.410 e. The maximum atomic E-state index is 12.2. The zero-order valence-electron chi connectivity index (χ0n) is 15.6. The number of amides is 2. The van der Waals surface area contributed by atoms with Crippen LogP contribution < -0.4 is 5.32 Å². The molecule has 1 aliphatic carbocycles. The highest BCUT2D eigenvalue weighted by atomic mass is 32.1. The molecule has 144 valence electrons. The van der Waals surface area contributed by atoms with Crippen LogP contribution in [-0.4, -0.2) is 47.3 Å². The summed E-state index contributed by atoms with van der Waals surface area (Å²) < 4.78 is 10.6. The van der Waals surface area contributed by atoms with E-state index < -0.39 is 11.7 Å². The number of hydrogen-bond acceptors (Lipinski definition) is 6. The van der Waals surface area contributed by atoms with E-state index in [0.717, 1.165) is 31.6 Å². The van der Waals surface area contributed by atoms with E-state index in [1.165, 1.54) is 11.3 Å². The third-order valence-electron chi connectivity index (χ3n) is 4.87. The molecule has 7 nitrogen and oxygen atoms in total. The molecule has 2 aliphatic rings. The molecule has 1 saturated heterocycles. The third-order valence-corrected chi connectivity index (χ3v) is 5.51. The van der Waals surface area contributed by atoms with Gasteiger partial charge in [0, 0.05) is 25.0 Å². The van der Waals surface area contributed by atoms with Crippen molar-refractivity contribution in [3.05, 3.63) is 16.6 Å². The van der Waals surface area contributed by atoms with Crippen LogP contribution in [0.1, 0.15) is 39.3 Å². The Hall–Kier alpha value is -1.83. The number of likely N-dealkylation sites (tertiary alicyclic amines) is 1. The summed E-state index contributed by atoms with van der Waals surface area (Å²) in [6.45, 7) is 7.99. The Labute approximate surface area is 158 Å². The minimum Gasteiger partial charge on any atom is -0.444 e. The lowest BCUT2D eigenvalue weighted by Crippen LogP contribution is -2.36. The summed E-state index contributed by atoms with van der Waals surface area (Å²) in [6.07, 6.45) is 1.43. The van der Waals surface area contributed by atoms with Crippen LogP contribution in [0.4, 0.5) is 9.59 Å². The normalized spacial score (nSPS) is 25.0. The first-order valence-electron chi connectivity index (χ1n) is 9.06. The number of nitrogens with zero attached hydrogens (tertiary/aromatic N) is 2. The van der Waals surface area contributed by atoms with Gasteiger partial charge < -0.3 is 19.7 Å². The second-order valence-electron chi connectivity index (χ2n) is 8.18. The van der Waals surface area contributed by atoms with E-state index in [1.807, 2.05) is 31.1 Å². The van der Waals surface area contributed by atoms with E-state index in [1.54, 1.807) is 5.51 Å². The summed E-state index contributed by atoms with van der Waals surface area (Å²) in [5, 5.41) is 4.71. The molecular weight excluding hydrogens is 354 g/mol. The van der Waals surface area contributed by atoms with Gasteiger partial charge in [-0.05, 0) is 51.4 Å². The first-order valence-corrected chi connectivity index (χ1v) is 10.00. The Kier molecular flexibility index (Phi) is 5.70. The van der Waals surface area contributed by atoms with E-state index in [0.29, 0.717) is 24.3 Å². The molecule has 1 aliphatic heterocycles. The second kappa shape index (κ2) is 7.82. The van der Waals surface area contributed by atoms with Crippen LogP contribution in [0.25, 0.3) is 0 Å². The number of thiazole rings is 1. The highest BCUT2D eigenvalue weighted by Crippen LogP contribution is 2.41. The van der Waals surface area contributed by atoms with Crippen LogP contribution in [0.3, 0.4) is 0 Å². The van der Waals surface area contributed by atoms with Crippen LogP contribution in [-0.2, 0) is 16.1 Å². The standard InChI is InChI=1S/C18H27N3O4S/c1-18(2,3)25-17(23)21-7-13-4-12(5-14(13)8-21)6-19-16(22)24-9-15-10-26-11-20-15/h10-14H,4-9H2,1-3H3,(H,19,22)/t12?,13-,14+. The average Bonchev–Trinajstić information content (AvgIpc) is 3.24. The molecule has 3 atom stereocenters. The van der Waals surface area contributed by atoms with Crippen molar-refractivity contribution in [2.75, 3.05) is 19.6 Å². The number of aromatic nitrogens is 1. The summed E-state index contributed by atoms with van der Waals surface area (Å²) in [5.74, 6) is 1.44. The highest BCUT2D eigenvalue weighted by molar-refractivity contribution is 7.07.